The van der Waals surface area contributed by atoms with E-state index in [9.17, 15) is 9.59 Å². The predicted molar refractivity (Wildman–Crippen MR) is 119 cm³/mol. The first-order chi connectivity index (χ1) is 13.4. The number of hydrogen-bond acceptors (Lipinski definition) is 3. The quantitative estimate of drug-likeness (QED) is 0.540. The number of thioether (sulfide) groups is 1. The van der Waals surface area contributed by atoms with Crippen LogP contribution >= 0.6 is 27.7 Å². The van der Waals surface area contributed by atoms with Gasteiger partial charge in [0.2, 0.25) is 11.8 Å². The lowest BCUT2D eigenvalue weighted by atomic mass is 10.1. The Morgan fingerprint density at radius 3 is 2.29 bits per heavy atom. The molecule has 1 unspecified atom stereocenters. The monoisotopic (exact) mass is 462 g/mol. The van der Waals surface area contributed by atoms with Gasteiger partial charge in [0, 0.05) is 34.1 Å². The van der Waals surface area contributed by atoms with Gasteiger partial charge < -0.3 is 10.2 Å². The highest BCUT2D eigenvalue weighted by Crippen LogP contribution is 2.20. The molecular weight excluding hydrogens is 436 g/mol. The number of amides is 2. The molecule has 0 bridgehead atoms. The van der Waals surface area contributed by atoms with E-state index in [4.69, 9.17) is 0 Å². The molecule has 0 saturated carbocycles. The molecule has 0 saturated heterocycles. The Kier molecular flexibility index (Phi) is 9.06. The molecule has 1 atom stereocenters. The number of benzene rings is 2. The Hall–Kier alpha value is -1.79. The van der Waals surface area contributed by atoms with Crippen molar-refractivity contribution in [2.24, 2.45) is 0 Å². The first-order valence-corrected chi connectivity index (χ1v) is 11.2. The van der Waals surface area contributed by atoms with Crippen molar-refractivity contribution in [3.05, 3.63) is 64.6 Å². The van der Waals surface area contributed by atoms with Gasteiger partial charge >= 0.3 is 0 Å². The van der Waals surface area contributed by atoms with Gasteiger partial charge in [-0.3, -0.25) is 9.59 Å². The molecule has 0 aliphatic rings. The summed E-state index contributed by atoms with van der Waals surface area (Å²) in [7, 11) is 0. The third kappa shape index (κ3) is 7.32. The van der Waals surface area contributed by atoms with E-state index in [0.717, 1.165) is 14.9 Å². The second-order valence-electron chi connectivity index (χ2n) is 6.90. The Labute approximate surface area is 180 Å². The van der Waals surface area contributed by atoms with Crippen LogP contribution in [0, 0.1) is 0 Å². The number of carbonyl (C=O) groups excluding carboxylic acids is 2. The molecule has 2 aromatic rings. The van der Waals surface area contributed by atoms with Crippen molar-refractivity contribution in [2.45, 2.75) is 50.7 Å². The zero-order chi connectivity index (χ0) is 20.5. The fourth-order valence-corrected chi connectivity index (χ4v) is 3.82. The molecule has 0 spiro atoms. The van der Waals surface area contributed by atoms with E-state index in [2.05, 4.69) is 21.2 Å². The smallest absolute Gasteiger partial charge is 0.242 e. The Bertz CT molecular complexity index is 766. The van der Waals surface area contributed by atoms with Gasteiger partial charge in [0.05, 0.1) is 0 Å². The van der Waals surface area contributed by atoms with Crippen LogP contribution in [0.15, 0.2) is 64.0 Å². The van der Waals surface area contributed by atoms with E-state index in [1.807, 2.05) is 68.4 Å². The minimum absolute atomic E-state index is 0.0160. The van der Waals surface area contributed by atoms with Crippen molar-refractivity contribution in [3.63, 3.8) is 0 Å². The molecule has 2 aromatic carbocycles. The summed E-state index contributed by atoms with van der Waals surface area (Å²) in [5.41, 5.74) is 0.997. The van der Waals surface area contributed by atoms with Crippen LogP contribution in [0.2, 0.25) is 0 Å². The lowest BCUT2D eigenvalue weighted by molar-refractivity contribution is -0.140. The molecular formula is C22H27BrN2O2S. The molecule has 0 fully saturated rings. The SMILES string of the molecule is CC(C)NC(=O)C(C)N(Cc1ccc(Br)cc1)C(=O)CCSc1ccccc1. The lowest BCUT2D eigenvalue weighted by Crippen LogP contribution is -2.49. The summed E-state index contributed by atoms with van der Waals surface area (Å²) in [4.78, 5) is 28.3. The highest BCUT2D eigenvalue weighted by molar-refractivity contribution is 9.10. The molecule has 2 amide bonds. The molecule has 4 nitrogen and oxygen atoms in total. The highest BCUT2D eigenvalue weighted by atomic mass is 79.9. The second-order valence-corrected chi connectivity index (χ2v) is 8.98. The summed E-state index contributed by atoms with van der Waals surface area (Å²) in [5.74, 6) is 0.534. The zero-order valence-electron chi connectivity index (χ0n) is 16.5. The predicted octanol–water partition coefficient (Wildman–Crippen LogP) is 4.87. The summed E-state index contributed by atoms with van der Waals surface area (Å²) in [6.07, 6.45) is 0.384. The van der Waals surface area contributed by atoms with Gasteiger partial charge in [-0.2, -0.15) is 0 Å². The molecule has 28 heavy (non-hydrogen) atoms. The molecule has 0 aliphatic heterocycles. The Morgan fingerprint density at radius 2 is 1.68 bits per heavy atom. The van der Waals surface area contributed by atoms with E-state index in [-0.39, 0.29) is 17.9 Å². The van der Waals surface area contributed by atoms with Gasteiger partial charge in [-0.1, -0.05) is 46.3 Å². The van der Waals surface area contributed by atoms with Gasteiger partial charge in [0.15, 0.2) is 0 Å². The van der Waals surface area contributed by atoms with Gasteiger partial charge in [-0.25, -0.2) is 0 Å². The van der Waals surface area contributed by atoms with Crippen LogP contribution in [-0.4, -0.2) is 34.6 Å². The van der Waals surface area contributed by atoms with Crippen LogP contribution in [0.5, 0.6) is 0 Å². The summed E-state index contributed by atoms with van der Waals surface area (Å²) < 4.78 is 0.985. The maximum absolute atomic E-state index is 13.0. The van der Waals surface area contributed by atoms with Crippen LogP contribution in [0.25, 0.3) is 0 Å². The third-order valence-electron chi connectivity index (χ3n) is 4.19. The third-order valence-corrected chi connectivity index (χ3v) is 5.73. The summed E-state index contributed by atoms with van der Waals surface area (Å²) in [5, 5.41) is 2.91. The van der Waals surface area contributed by atoms with Crippen molar-refractivity contribution in [1.82, 2.24) is 10.2 Å². The first-order valence-electron chi connectivity index (χ1n) is 9.39. The second kappa shape index (κ2) is 11.3. The van der Waals surface area contributed by atoms with Crippen LogP contribution < -0.4 is 5.32 Å². The van der Waals surface area contributed by atoms with Crippen LogP contribution in [0.3, 0.4) is 0 Å². The van der Waals surface area contributed by atoms with Crippen LogP contribution in [-0.2, 0) is 16.1 Å². The average molecular weight is 463 g/mol. The normalized spacial score (nSPS) is 11.9. The number of nitrogens with zero attached hydrogens (tertiary/aromatic N) is 1. The highest BCUT2D eigenvalue weighted by Gasteiger charge is 2.26. The maximum atomic E-state index is 13.0. The number of carbonyl (C=O) groups is 2. The van der Waals surface area contributed by atoms with Gasteiger partial charge in [0.1, 0.15) is 6.04 Å². The van der Waals surface area contributed by atoms with Crippen molar-refractivity contribution < 1.29 is 9.59 Å². The topological polar surface area (TPSA) is 49.4 Å². The summed E-state index contributed by atoms with van der Waals surface area (Å²) >= 11 is 5.08. The molecule has 0 heterocycles. The van der Waals surface area contributed by atoms with Crippen molar-refractivity contribution in [3.8, 4) is 0 Å². The fourth-order valence-electron chi connectivity index (χ4n) is 2.69. The fraction of sp³-hybridized carbons (Fsp3) is 0.364. The van der Waals surface area contributed by atoms with Gasteiger partial charge in [-0.15, -0.1) is 11.8 Å². The molecule has 1 N–H and O–H groups in total. The molecule has 0 radical (unpaired) electrons. The zero-order valence-corrected chi connectivity index (χ0v) is 18.9. The lowest BCUT2D eigenvalue weighted by Gasteiger charge is -2.29. The van der Waals surface area contributed by atoms with E-state index in [1.165, 1.54) is 0 Å². The minimum atomic E-state index is -0.528. The molecule has 2 rings (SSSR count). The maximum Gasteiger partial charge on any atom is 0.242 e. The van der Waals surface area contributed by atoms with E-state index >= 15 is 0 Å². The van der Waals surface area contributed by atoms with E-state index < -0.39 is 6.04 Å². The van der Waals surface area contributed by atoms with Gasteiger partial charge in [0.25, 0.3) is 0 Å². The standard InChI is InChI=1S/C22H27BrN2O2S/c1-16(2)24-22(27)17(3)25(15-18-9-11-19(23)12-10-18)21(26)13-14-28-20-7-5-4-6-8-20/h4-12,16-17H,13-15H2,1-3H3,(H,24,27). The van der Waals surface area contributed by atoms with Crippen LogP contribution in [0.1, 0.15) is 32.8 Å². The number of hydrogen-bond donors (Lipinski definition) is 1. The van der Waals surface area contributed by atoms with E-state index in [0.29, 0.717) is 18.7 Å². The molecule has 150 valence electrons. The number of halogens is 1. The summed E-state index contributed by atoms with van der Waals surface area (Å²) in [6, 6.07) is 17.4. The van der Waals surface area contributed by atoms with E-state index in [1.54, 1.807) is 23.6 Å². The van der Waals surface area contributed by atoms with Crippen LogP contribution in [0.4, 0.5) is 0 Å². The van der Waals surface area contributed by atoms with Crippen molar-refractivity contribution in [2.75, 3.05) is 5.75 Å². The van der Waals surface area contributed by atoms with Crippen molar-refractivity contribution >= 4 is 39.5 Å². The molecule has 6 heteroatoms. The minimum Gasteiger partial charge on any atom is -0.352 e. The largest absolute Gasteiger partial charge is 0.352 e. The van der Waals surface area contributed by atoms with Gasteiger partial charge in [-0.05, 0) is 50.6 Å². The number of rotatable bonds is 9. The Balaban J connectivity index is 2.05. The Morgan fingerprint density at radius 1 is 1.04 bits per heavy atom. The first kappa shape index (κ1) is 22.5. The number of nitrogens with one attached hydrogen (secondary N) is 1. The summed E-state index contributed by atoms with van der Waals surface area (Å²) in [6.45, 7) is 6.04. The average Bonchev–Trinajstić information content (AvgIpc) is 2.67. The molecule has 0 aromatic heterocycles. The van der Waals surface area contributed by atoms with Crippen molar-refractivity contribution in [1.29, 1.82) is 0 Å². The molecule has 0 aliphatic carbocycles.